The number of benzene rings is 3. The summed E-state index contributed by atoms with van der Waals surface area (Å²) in [7, 11) is 0. The van der Waals surface area contributed by atoms with E-state index in [-0.39, 0.29) is 18.0 Å². The Balaban J connectivity index is 1.79. The number of nitrogens with zero attached hydrogens (tertiary/aromatic N) is 1. The molecule has 4 heteroatoms. The molecule has 150 valence electrons. The molecule has 1 aromatic heterocycles. The van der Waals surface area contributed by atoms with Gasteiger partial charge in [0.05, 0.1) is 6.54 Å². The van der Waals surface area contributed by atoms with Crippen LogP contribution in [0.5, 0.6) is 0 Å². The molecule has 4 nitrogen and oxygen atoms in total. The third-order valence-electron chi connectivity index (χ3n) is 5.50. The van der Waals surface area contributed by atoms with Crippen molar-refractivity contribution < 1.29 is 4.79 Å². The quantitative estimate of drug-likeness (QED) is 0.509. The van der Waals surface area contributed by atoms with Crippen molar-refractivity contribution in [2.24, 2.45) is 0 Å². The molecule has 0 aliphatic heterocycles. The summed E-state index contributed by atoms with van der Waals surface area (Å²) in [5, 5.41) is 0.940. The van der Waals surface area contributed by atoms with Crippen LogP contribution in [-0.4, -0.2) is 10.9 Å². The highest BCUT2D eigenvalue weighted by Crippen LogP contribution is 2.23. The molecule has 0 saturated heterocycles. The predicted molar refractivity (Wildman–Crippen MR) is 122 cm³/mol. The van der Waals surface area contributed by atoms with Gasteiger partial charge in [-0.15, -0.1) is 0 Å². The maximum atomic E-state index is 13.4. The molecule has 4 aromatic rings. The summed E-state index contributed by atoms with van der Waals surface area (Å²) in [5.74, 6) is -0.134. The largest absolute Gasteiger partial charge is 0.322 e. The fourth-order valence-corrected chi connectivity index (χ4v) is 3.51. The van der Waals surface area contributed by atoms with Gasteiger partial charge in [0.15, 0.2) is 0 Å². The zero-order valence-corrected chi connectivity index (χ0v) is 17.4. The number of amides is 1. The lowest BCUT2D eigenvalue weighted by atomic mass is 10.1. The average molecular weight is 396 g/mol. The van der Waals surface area contributed by atoms with Crippen LogP contribution in [0.4, 0.5) is 5.69 Å². The van der Waals surface area contributed by atoms with E-state index in [1.807, 2.05) is 93.6 Å². The Morgan fingerprint density at radius 3 is 2.33 bits per heavy atom. The van der Waals surface area contributed by atoms with E-state index in [0.29, 0.717) is 11.1 Å². The van der Waals surface area contributed by atoms with Gasteiger partial charge >= 0.3 is 0 Å². The van der Waals surface area contributed by atoms with Gasteiger partial charge in [0.25, 0.3) is 11.5 Å². The first-order valence-electron chi connectivity index (χ1n) is 9.99. The van der Waals surface area contributed by atoms with E-state index >= 15 is 0 Å². The molecule has 0 atom stereocenters. The fraction of sp³-hybridized carbons (Fsp3) is 0.154. The van der Waals surface area contributed by atoms with Gasteiger partial charge in [0.2, 0.25) is 0 Å². The summed E-state index contributed by atoms with van der Waals surface area (Å²) in [4.78, 5) is 30.8. The number of carbonyl (C=O) groups excluding carboxylic acids is 1. The van der Waals surface area contributed by atoms with Gasteiger partial charge in [-0.1, -0.05) is 42.0 Å². The number of hydrogen-bond donors (Lipinski definition) is 1. The Kier molecular flexibility index (Phi) is 5.23. The number of aromatic nitrogens is 1. The lowest BCUT2D eigenvalue weighted by Crippen LogP contribution is -2.33. The van der Waals surface area contributed by atoms with Crippen LogP contribution in [0.15, 0.2) is 77.6 Å². The Hall–Kier alpha value is -3.66. The third kappa shape index (κ3) is 3.90. The number of nitrogens with one attached hydrogen (secondary N) is 1. The van der Waals surface area contributed by atoms with Gasteiger partial charge < -0.3 is 9.88 Å². The van der Waals surface area contributed by atoms with E-state index in [0.717, 1.165) is 33.3 Å². The minimum Gasteiger partial charge on any atom is -0.322 e. The SMILES string of the molecule is Cc1ccc(C(=O)N(Cc2cc3ccccc3[nH]c2=O)c2ccc(C)c(C)c2)cc1. The van der Waals surface area contributed by atoms with E-state index in [9.17, 15) is 9.59 Å². The second-order valence-electron chi connectivity index (χ2n) is 7.74. The summed E-state index contributed by atoms with van der Waals surface area (Å²) in [6.07, 6.45) is 0. The fourth-order valence-electron chi connectivity index (χ4n) is 3.51. The van der Waals surface area contributed by atoms with Gasteiger partial charge in [-0.3, -0.25) is 9.59 Å². The molecule has 3 aromatic carbocycles. The standard InChI is InChI=1S/C26H24N2O2/c1-17-8-11-20(12-9-17)26(30)28(23-13-10-18(2)19(3)14-23)16-22-15-21-6-4-5-7-24(21)27-25(22)29/h4-15H,16H2,1-3H3,(H,27,29). The molecule has 0 fully saturated rings. The number of rotatable bonds is 4. The number of hydrogen-bond acceptors (Lipinski definition) is 2. The first-order valence-corrected chi connectivity index (χ1v) is 9.99. The van der Waals surface area contributed by atoms with Crippen LogP contribution in [0.1, 0.15) is 32.6 Å². The van der Waals surface area contributed by atoms with Crippen LogP contribution in [0.3, 0.4) is 0 Å². The van der Waals surface area contributed by atoms with Crippen molar-refractivity contribution in [1.82, 2.24) is 4.98 Å². The van der Waals surface area contributed by atoms with E-state index in [4.69, 9.17) is 0 Å². The lowest BCUT2D eigenvalue weighted by molar-refractivity contribution is 0.0985. The minimum atomic E-state index is -0.181. The van der Waals surface area contributed by atoms with E-state index < -0.39 is 0 Å². The molecule has 1 N–H and O–H groups in total. The summed E-state index contributed by atoms with van der Waals surface area (Å²) < 4.78 is 0. The van der Waals surface area contributed by atoms with Crippen LogP contribution in [-0.2, 0) is 6.54 Å². The highest BCUT2D eigenvalue weighted by Gasteiger charge is 2.20. The Morgan fingerprint density at radius 1 is 0.867 bits per heavy atom. The predicted octanol–water partition coefficient (Wildman–Crippen LogP) is 5.30. The first kappa shape index (κ1) is 19.6. The van der Waals surface area contributed by atoms with Crippen LogP contribution in [0, 0.1) is 20.8 Å². The number of anilines is 1. The van der Waals surface area contributed by atoms with Crippen LogP contribution in [0.2, 0.25) is 0 Å². The number of carbonyl (C=O) groups is 1. The maximum absolute atomic E-state index is 13.4. The van der Waals surface area contributed by atoms with Crippen LogP contribution < -0.4 is 10.5 Å². The molecular weight excluding hydrogens is 372 g/mol. The molecule has 0 bridgehead atoms. The number of aromatic amines is 1. The van der Waals surface area contributed by atoms with Crippen LogP contribution in [0.25, 0.3) is 10.9 Å². The van der Waals surface area contributed by atoms with Crippen molar-refractivity contribution in [3.05, 3.63) is 111 Å². The molecule has 0 aliphatic rings. The summed E-state index contributed by atoms with van der Waals surface area (Å²) >= 11 is 0. The number of aryl methyl sites for hydroxylation is 3. The number of H-pyrrole nitrogens is 1. The summed E-state index contributed by atoms with van der Waals surface area (Å²) in [6, 6.07) is 23.0. The molecule has 1 heterocycles. The monoisotopic (exact) mass is 396 g/mol. The van der Waals surface area contributed by atoms with Crippen molar-refractivity contribution >= 4 is 22.5 Å². The second-order valence-corrected chi connectivity index (χ2v) is 7.74. The molecule has 4 rings (SSSR count). The second kappa shape index (κ2) is 7.99. The van der Waals surface area contributed by atoms with Gasteiger partial charge in [0.1, 0.15) is 0 Å². The maximum Gasteiger partial charge on any atom is 0.258 e. The Morgan fingerprint density at radius 2 is 1.60 bits per heavy atom. The smallest absolute Gasteiger partial charge is 0.258 e. The van der Waals surface area contributed by atoms with Crippen molar-refractivity contribution in [3.8, 4) is 0 Å². The number of fused-ring (bicyclic) bond motifs is 1. The third-order valence-corrected chi connectivity index (χ3v) is 5.50. The molecule has 1 amide bonds. The van der Waals surface area contributed by atoms with Gasteiger partial charge in [-0.05, 0) is 73.7 Å². The zero-order valence-electron chi connectivity index (χ0n) is 17.4. The highest BCUT2D eigenvalue weighted by molar-refractivity contribution is 6.06. The van der Waals surface area contributed by atoms with Gasteiger partial charge in [-0.2, -0.15) is 0 Å². The lowest BCUT2D eigenvalue weighted by Gasteiger charge is -2.24. The Bertz CT molecular complexity index is 1290. The van der Waals surface area contributed by atoms with Crippen molar-refractivity contribution in [3.63, 3.8) is 0 Å². The molecule has 0 aliphatic carbocycles. The van der Waals surface area contributed by atoms with E-state index in [1.54, 1.807) is 4.90 Å². The molecule has 0 saturated carbocycles. The minimum absolute atomic E-state index is 0.134. The highest BCUT2D eigenvalue weighted by atomic mass is 16.2. The molecule has 0 unspecified atom stereocenters. The normalized spacial score (nSPS) is 10.9. The topological polar surface area (TPSA) is 53.2 Å². The number of pyridine rings is 1. The molecule has 0 radical (unpaired) electrons. The van der Waals surface area contributed by atoms with Gasteiger partial charge in [0, 0.05) is 22.3 Å². The van der Waals surface area contributed by atoms with E-state index in [1.165, 1.54) is 0 Å². The summed E-state index contributed by atoms with van der Waals surface area (Å²) in [6.45, 7) is 6.24. The molecule has 30 heavy (non-hydrogen) atoms. The van der Waals surface area contributed by atoms with Crippen molar-refractivity contribution in [2.45, 2.75) is 27.3 Å². The molecular formula is C26H24N2O2. The zero-order chi connectivity index (χ0) is 21.3. The summed E-state index contributed by atoms with van der Waals surface area (Å²) in [5.41, 5.74) is 5.87. The van der Waals surface area contributed by atoms with Crippen LogP contribution >= 0.6 is 0 Å². The Labute approximate surface area is 175 Å². The number of para-hydroxylation sites is 1. The van der Waals surface area contributed by atoms with Crippen molar-refractivity contribution in [1.29, 1.82) is 0 Å². The average Bonchev–Trinajstić information content (AvgIpc) is 2.74. The molecule has 0 spiro atoms. The van der Waals surface area contributed by atoms with Gasteiger partial charge in [-0.25, -0.2) is 0 Å². The van der Waals surface area contributed by atoms with Crippen molar-refractivity contribution in [2.75, 3.05) is 4.90 Å². The van der Waals surface area contributed by atoms with E-state index in [2.05, 4.69) is 4.98 Å². The first-order chi connectivity index (χ1) is 14.4.